The summed E-state index contributed by atoms with van der Waals surface area (Å²) in [6.45, 7) is 4.37. The van der Waals surface area contributed by atoms with E-state index in [4.69, 9.17) is 11.6 Å². The van der Waals surface area contributed by atoms with Gasteiger partial charge in [0.1, 0.15) is 0 Å². The molecule has 0 fully saturated rings. The Morgan fingerprint density at radius 2 is 1.88 bits per heavy atom. The van der Waals surface area contributed by atoms with Gasteiger partial charge in [-0.3, -0.25) is 9.59 Å². The normalized spacial score (nSPS) is 10.1. The molecular formula is C18H20ClN3O2. The fraction of sp³-hybridized carbons (Fsp3) is 0.222. The first-order valence-electron chi connectivity index (χ1n) is 7.68. The largest absolute Gasteiger partial charge is 0.376 e. The Morgan fingerprint density at radius 3 is 2.62 bits per heavy atom. The Balaban J connectivity index is 1.95. The van der Waals surface area contributed by atoms with E-state index in [0.29, 0.717) is 28.5 Å². The highest BCUT2D eigenvalue weighted by atomic mass is 35.5. The molecule has 0 radical (unpaired) electrons. The Labute approximate surface area is 146 Å². The lowest BCUT2D eigenvalue weighted by molar-refractivity contribution is -0.114. The molecule has 0 heterocycles. The predicted molar refractivity (Wildman–Crippen MR) is 97.8 cm³/mol. The van der Waals surface area contributed by atoms with E-state index in [0.717, 1.165) is 5.56 Å². The van der Waals surface area contributed by atoms with Crippen LogP contribution in [0.25, 0.3) is 0 Å². The SMILES string of the molecule is CCNC(=O)c1cccc(NCC(=O)Nc2cccc(Cl)c2C)c1. The summed E-state index contributed by atoms with van der Waals surface area (Å²) in [6, 6.07) is 12.4. The molecule has 3 N–H and O–H groups in total. The van der Waals surface area contributed by atoms with E-state index < -0.39 is 0 Å². The Kier molecular flexibility index (Phi) is 6.21. The van der Waals surface area contributed by atoms with Crippen molar-refractivity contribution >= 4 is 34.8 Å². The summed E-state index contributed by atoms with van der Waals surface area (Å²) in [5.74, 6) is -0.330. The lowest BCUT2D eigenvalue weighted by atomic mass is 10.2. The number of rotatable bonds is 6. The van der Waals surface area contributed by atoms with Crippen molar-refractivity contribution in [2.45, 2.75) is 13.8 Å². The molecule has 2 rings (SSSR count). The summed E-state index contributed by atoms with van der Waals surface area (Å²) < 4.78 is 0. The molecule has 0 aromatic heterocycles. The molecule has 6 heteroatoms. The van der Waals surface area contributed by atoms with Crippen molar-refractivity contribution < 1.29 is 9.59 Å². The van der Waals surface area contributed by atoms with Crippen molar-refractivity contribution in [1.82, 2.24) is 5.32 Å². The number of amides is 2. The molecule has 24 heavy (non-hydrogen) atoms. The molecule has 2 aromatic rings. The summed E-state index contributed by atoms with van der Waals surface area (Å²) in [7, 11) is 0. The highest BCUT2D eigenvalue weighted by molar-refractivity contribution is 6.31. The van der Waals surface area contributed by atoms with Gasteiger partial charge in [0.2, 0.25) is 5.91 Å². The summed E-state index contributed by atoms with van der Waals surface area (Å²) >= 11 is 6.04. The minimum atomic E-state index is -0.191. The molecule has 0 atom stereocenters. The summed E-state index contributed by atoms with van der Waals surface area (Å²) in [5.41, 5.74) is 2.76. The third-order valence-electron chi connectivity index (χ3n) is 3.46. The monoisotopic (exact) mass is 345 g/mol. The van der Waals surface area contributed by atoms with Gasteiger partial charge in [0.05, 0.1) is 6.54 Å². The van der Waals surface area contributed by atoms with Crippen LogP contribution in [0.4, 0.5) is 11.4 Å². The minimum Gasteiger partial charge on any atom is -0.376 e. The van der Waals surface area contributed by atoms with E-state index in [1.807, 2.05) is 13.8 Å². The zero-order valence-electron chi connectivity index (χ0n) is 13.7. The van der Waals surface area contributed by atoms with Gasteiger partial charge in [-0.25, -0.2) is 0 Å². The lowest BCUT2D eigenvalue weighted by Crippen LogP contribution is -2.24. The first-order chi connectivity index (χ1) is 11.5. The highest BCUT2D eigenvalue weighted by Gasteiger charge is 2.08. The fourth-order valence-corrected chi connectivity index (χ4v) is 2.33. The first kappa shape index (κ1) is 17.8. The number of nitrogens with one attached hydrogen (secondary N) is 3. The van der Waals surface area contributed by atoms with Crippen molar-refractivity contribution in [3.63, 3.8) is 0 Å². The number of halogens is 1. The van der Waals surface area contributed by atoms with Crippen LogP contribution >= 0.6 is 11.6 Å². The third kappa shape index (κ3) is 4.73. The van der Waals surface area contributed by atoms with Crippen LogP contribution in [-0.4, -0.2) is 24.9 Å². The number of carbonyl (C=O) groups is 2. The van der Waals surface area contributed by atoms with Crippen LogP contribution in [0.5, 0.6) is 0 Å². The Morgan fingerprint density at radius 1 is 1.12 bits per heavy atom. The molecule has 0 saturated heterocycles. The molecule has 0 aliphatic heterocycles. The maximum Gasteiger partial charge on any atom is 0.251 e. The quantitative estimate of drug-likeness (QED) is 0.751. The number of hydrogen-bond donors (Lipinski definition) is 3. The predicted octanol–water partition coefficient (Wildman–Crippen LogP) is 3.45. The van der Waals surface area contributed by atoms with Crippen molar-refractivity contribution in [2.24, 2.45) is 0 Å². The summed E-state index contributed by atoms with van der Waals surface area (Å²) in [6.07, 6.45) is 0. The topological polar surface area (TPSA) is 70.2 Å². The average Bonchev–Trinajstić information content (AvgIpc) is 2.58. The van der Waals surface area contributed by atoms with Crippen molar-refractivity contribution in [2.75, 3.05) is 23.7 Å². The van der Waals surface area contributed by atoms with E-state index in [1.165, 1.54) is 0 Å². The van der Waals surface area contributed by atoms with E-state index in [2.05, 4.69) is 16.0 Å². The van der Waals surface area contributed by atoms with Crippen LogP contribution < -0.4 is 16.0 Å². The molecule has 0 spiro atoms. The molecule has 2 amide bonds. The third-order valence-corrected chi connectivity index (χ3v) is 3.87. The second-order valence-corrected chi connectivity index (χ2v) is 5.66. The number of hydrogen-bond acceptors (Lipinski definition) is 3. The molecule has 2 aromatic carbocycles. The van der Waals surface area contributed by atoms with Crippen molar-refractivity contribution in [3.8, 4) is 0 Å². The summed E-state index contributed by atoms with van der Waals surface area (Å²) in [5, 5.41) is 9.17. The Hall–Kier alpha value is -2.53. The van der Waals surface area contributed by atoms with E-state index >= 15 is 0 Å². The van der Waals surface area contributed by atoms with Gasteiger partial charge in [-0.05, 0) is 49.7 Å². The molecule has 0 unspecified atom stereocenters. The van der Waals surface area contributed by atoms with Gasteiger partial charge in [0, 0.05) is 28.5 Å². The van der Waals surface area contributed by atoms with Gasteiger partial charge in [0.25, 0.3) is 5.91 Å². The van der Waals surface area contributed by atoms with Crippen LogP contribution in [0.15, 0.2) is 42.5 Å². The second kappa shape index (κ2) is 8.36. The van der Waals surface area contributed by atoms with Gasteiger partial charge in [-0.1, -0.05) is 23.7 Å². The fourth-order valence-electron chi connectivity index (χ4n) is 2.15. The molecule has 0 saturated carbocycles. The minimum absolute atomic E-state index is 0.0881. The van der Waals surface area contributed by atoms with Crippen molar-refractivity contribution in [1.29, 1.82) is 0 Å². The Bertz CT molecular complexity index is 747. The molecule has 5 nitrogen and oxygen atoms in total. The number of anilines is 2. The molecule has 0 bridgehead atoms. The molecule has 126 valence electrons. The zero-order valence-corrected chi connectivity index (χ0v) is 14.4. The van der Waals surface area contributed by atoms with Gasteiger partial charge in [0.15, 0.2) is 0 Å². The van der Waals surface area contributed by atoms with Gasteiger partial charge in [-0.2, -0.15) is 0 Å². The van der Waals surface area contributed by atoms with E-state index in [9.17, 15) is 9.59 Å². The average molecular weight is 346 g/mol. The second-order valence-electron chi connectivity index (χ2n) is 5.25. The van der Waals surface area contributed by atoms with Crippen LogP contribution in [0.3, 0.4) is 0 Å². The van der Waals surface area contributed by atoms with Crippen molar-refractivity contribution in [3.05, 3.63) is 58.6 Å². The smallest absolute Gasteiger partial charge is 0.251 e. The van der Waals surface area contributed by atoms with Crippen LogP contribution in [0.2, 0.25) is 5.02 Å². The van der Waals surface area contributed by atoms with E-state index in [1.54, 1.807) is 42.5 Å². The number of carbonyl (C=O) groups excluding carboxylic acids is 2. The zero-order chi connectivity index (χ0) is 17.5. The van der Waals surface area contributed by atoms with Crippen LogP contribution in [0.1, 0.15) is 22.8 Å². The highest BCUT2D eigenvalue weighted by Crippen LogP contribution is 2.22. The molecular weight excluding hydrogens is 326 g/mol. The van der Waals surface area contributed by atoms with E-state index in [-0.39, 0.29) is 18.4 Å². The molecule has 0 aliphatic rings. The maximum atomic E-state index is 12.1. The van der Waals surface area contributed by atoms with Crippen LogP contribution in [-0.2, 0) is 4.79 Å². The molecule has 0 aliphatic carbocycles. The van der Waals surface area contributed by atoms with Gasteiger partial charge >= 0.3 is 0 Å². The van der Waals surface area contributed by atoms with Gasteiger partial charge in [-0.15, -0.1) is 0 Å². The number of benzene rings is 2. The van der Waals surface area contributed by atoms with Gasteiger partial charge < -0.3 is 16.0 Å². The first-order valence-corrected chi connectivity index (χ1v) is 8.06. The summed E-state index contributed by atoms with van der Waals surface area (Å²) in [4.78, 5) is 23.9. The van der Waals surface area contributed by atoms with Crippen LogP contribution in [0, 0.1) is 6.92 Å². The lowest BCUT2D eigenvalue weighted by Gasteiger charge is -2.11. The standard InChI is InChI=1S/C18H20ClN3O2/c1-3-20-18(24)13-6-4-7-14(10-13)21-11-17(23)22-16-9-5-8-15(19)12(16)2/h4-10,21H,3,11H2,1-2H3,(H,20,24)(H,22,23). The maximum absolute atomic E-state index is 12.1.